The molecule has 10 rings (SSSR count). The summed E-state index contributed by atoms with van der Waals surface area (Å²) in [7, 11) is 3.91. The third kappa shape index (κ3) is 6.57. The monoisotopic (exact) mass is 862 g/mol. The fraction of sp³-hybridized carbons (Fsp3) is 0.224. The first kappa shape index (κ1) is 40.0. The number of halogens is 2. The lowest BCUT2D eigenvalue weighted by Gasteiger charge is -2.51. The van der Waals surface area contributed by atoms with Crippen LogP contribution in [0.1, 0.15) is 24.0 Å². The van der Waals surface area contributed by atoms with Crippen molar-refractivity contribution in [3.05, 3.63) is 161 Å². The van der Waals surface area contributed by atoms with Crippen molar-refractivity contribution in [3.63, 3.8) is 0 Å². The van der Waals surface area contributed by atoms with Crippen LogP contribution in [0.4, 0.5) is 32.8 Å². The molecule has 1 saturated carbocycles. The largest absolute Gasteiger partial charge is 0.508 e. The molecule has 2 N–H and O–H groups in total. The van der Waals surface area contributed by atoms with Gasteiger partial charge in [0.25, 0.3) is 11.8 Å². The number of rotatable bonds is 8. The van der Waals surface area contributed by atoms with Crippen molar-refractivity contribution in [1.29, 1.82) is 0 Å². The Morgan fingerprint density at radius 1 is 0.825 bits per heavy atom. The quantitative estimate of drug-likeness (QED) is 0.0893. The minimum absolute atomic E-state index is 0.0353. The Morgan fingerprint density at radius 3 is 2.19 bits per heavy atom. The van der Waals surface area contributed by atoms with Crippen molar-refractivity contribution in [3.8, 4) is 11.5 Å². The number of allylic oxidation sites excluding steroid dienone is 3. The number of phenolic OH excluding ortho intramolecular Hbond substituents is 1. The molecule has 0 unspecified atom stereocenters. The van der Waals surface area contributed by atoms with Crippen LogP contribution in [-0.2, 0) is 31.0 Å². The standard InChI is InChI=1S/C49H40ClFN6O6/c1-55(2)35-15-11-32(12-16-35)52-53-33-13-17-36(18-14-33)56-45(59)39-21-20-38-40(43(39)47(56)61)25-41-46(60)57(54-34-9-7-31(51)8-10-34)48(62)49(41,29-3-5-30(50)6-4-29)44(38)28-23-27-24-37(58)19-22-42(27)63-26-28/h3-20,22,24,26,39-41,43-44,54,58H,21,23,25H2,1-2H3/t39-,40+,41-,43-,44-,49+/m0/s1. The first-order valence-electron chi connectivity index (χ1n) is 20.6. The second-order valence-electron chi connectivity index (χ2n) is 16.8. The van der Waals surface area contributed by atoms with E-state index in [1.807, 2.05) is 49.3 Å². The van der Waals surface area contributed by atoms with E-state index >= 15 is 9.59 Å². The number of amides is 4. The molecule has 3 heterocycles. The van der Waals surface area contributed by atoms with Gasteiger partial charge in [-0.05, 0) is 133 Å². The van der Waals surface area contributed by atoms with E-state index in [0.717, 1.165) is 16.3 Å². The molecule has 5 aromatic carbocycles. The number of anilines is 3. The van der Waals surface area contributed by atoms with E-state index < -0.39 is 58.5 Å². The Hall–Kier alpha value is -7.12. The molecule has 63 heavy (non-hydrogen) atoms. The van der Waals surface area contributed by atoms with E-state index in [1.165, 1.54) is 35.2 Å². The van der Waals surface area contributed by atoms with E-state index in [4.69, 9.17) is 16.3 Å². The molecule has 3 aliphatic heterocycles. The van der Waals surface area contributed by atoms with Crippen LogP contribution in [0, 0.1) is 35.4 Å². The van der Waals surface area contributed by atoms with Crippen LogP contribution in [0.3, 0.4) is 0 Å². The SMILES string of the molecule is CN(C)c1ccc(N=Nc2ccc(N3C(=O)[C@H]4[C@H](CC=C5[C@H](C6=COc7ccc(O)cc7C6)[C@]6(c7ccc(Cl)cc7)C(=O)N(Nc7ccc(F)cc7)C(=O)[C@@H]6C[C@H]54)C3=O)cc2)cc1. The average Bonchev–Trinajstić information content (AvgIpc) is 3.67. The molecular weight excluding hydrogens is 823 g/mol. The van der Waals surface area contributed by atoms with Gasteiger partial charge >= 0.3 is 0 Å². The van der Waals surface area contributed by atoms with E-state index in [9.17, 15) is 19.1 Å². The summed E-state index contributed by atoms with van der Waals surface area (Å²) in [6.07, 6.45) is 4.13. The molecule has 2 saturated heterocycles. The average molecular weight is 863 g/mol. The van der Waals surface area contributed by atoms with Crippen LogP contribution in [0.15, 0.2) is 149 Å². The summed E-state index contributed by atoms with van der Waals surface area (Å²) >= 11 is 6.43. The molecule has 14 heteroatoms. The van der Waals surface area contributed by atoms with Gasteiger partial charge in [0.15, 0.2) is 0 Å². The van der Waals surface area contributed by atoms with E-state index in [2.05, 4.69) is 15.7 Å². The molecule has 6 atom stereocenters. The molecule has 0 spiro atoms. The molecule has 0 radical (unpaired) electrons. The summed E-state index contributed by atoms with van der Waals surface area (Å²) in [5, 5.41) is 20.7. The highest BCUT2D eigenvalue weighted by Crippen LogP contribution is 2.63. The number of ether oxygens (including phenoxy) is 1. The summed E-state index contributed by atoms with van der Waals surface area (Å²) in [5.74, 6) is -5.78. The van der Waals surface area contributed by atoms with Crippen LogP contribution < -0.4 is 20.0 Å². The van der Waals surface area contributed by atoms with Crippen molar-refractivity contribution in [1.82, 2.24) is 5.01 Å². The van der Waals surface area contributed by atoms with Crippen LogP contribution in [0.2, 0.25) is 5.02 Å². The number of nitrogens with zero attached hydrogens (tertiary/aromatic N) is 5. The maximum absolute atomic E-state index is 15.5. The number of benzene rings is 5. The Bertz CT molecular complexity index is 2790. The van der Waals surface area contributed by atoms with Crippen molar-refractivity contribution in [2.24, 2.45) is 39.8 Å². The number of carbonyl (C=O) groups is 4. The van der Waals surface area contributed by atoms with Gasteiger partial charge in [-0.25, -0.2) is 4.39 Å². The van der Waals surface area contributed by atoms with Gasteiger partial charge < -0.3 is 14.7 Å². The number of fused-ring (bicyclic) bond motifs is 5. The van der Waals surface area contributed by atoms with Gasteiger partial charge in [-0.3, -0.25) is 29.5 Å². The zero-order valence-corrected chi connectivity index (χ0v) is 34.9. The number of imide groups is 2. The highest BCUT2D eigenvalue weighted by atomic mass is 35.5. The van der Waals surface area contributed by atoms with Crippen LogP contribution in [0.25, 0.3) is 0 Å². The molecule has 3 fully saturated rings. The van der Waals surface area contributed by atoms with Gasteiger partial charge in [-0.2, -0.15) is 15.2 Å². The minimum Gasteiger partial charge on any atom is -0.508 e. The first-order chi connectivity index (χ1) is 30.4. The molecule has 316 valence electrons. The van der Waals surface area contributed by atoms with Crippen LogP contribution in [-0.4, -0.2) is 47.8 Å². The van der Waals surface area contributed by atoms with Crippen molar-refractivity contribution in [2.75, 3.05) is 29.3 Å². The lowest BCUT2D eigenvalue weighted by atomic mass is 9.48. The zero-order valence-electron chi connectivity index (χ0n) is 34.1. The predicted octanol–water partition coefficient (Wildman–Crippen LogP) is 9.21. The number of nitrogens with one attached hydrogen (secondary N) is 1. The number of hydrazine groups is 1. The maximum atomic E-state index is 15.5. The topological polar surface area (TPSA) is 144 Å². The second-order valence-corrected chi connectivity index (χ2v) is 17.2. The third-order valence-electron chi connectivity index (χ3n) is 13.2. The summed E-state index contributed by atoms with van der Waals surface area (Å²) < 4.78 is 20.2. The van der Waals surface area contributed by atoms with E-state index in [0.29, 0.717) is 50.2 Å². The Labute approximate surface area is 366 Å². The fourth-order valence-corrected chi connectivity index (χ4v) is 10.5. The van der Waals surface area contributed by atoms with Gasteiger partial charge in [-0.1, -0.05) is 35.4 Å². The van der Waals surface area contributed by atoms with Gasteiger partial charge in [-0.15, -0.1) is 0 Å². The Balaban J connectivity index is 1.04. The molecule has 0 bridgehead atoms. The highest BCUT2D eigenvalue weighted by molar-refractivity contribution is 6.30. The summed E-state index contributed by atoms with van der Waals surface area (Å²) in [6.45, 7) is 0. The van der Waals surface area contributed by atoms with Gasteiger partial charge in [0.05, 0.1) is 52.2 Å². The van der Waals surface area contributed by atoms with E-state index in [-0.39, 0.29) is 30.9 Å². The predicted molar refractivity (Wildman–Crippen MR) is 234 cm³/mol. The molecule has 12 nitrogen and oxygen atoms in total. The number of hydrogen-bond donors (Lipinski definition) is 2. The van der Waals surface area contributed by atoms with E-state index in [1.54, 1.807) is 66.9 Å². The molecule has 2 aliphatic carbocycles. The third-order valence-corrected chi connectivity index (χ3v) is 13.4. The number of azo groups is 1. The second kappa shape index (κ2) is 15.3. The lowest BCUT2D eigenvalue weighted by molar-refractivity contribution is -0.139. The van der Waals surface area contributed by atoms with Gasteiger partial charge in [0, 0.05) is 42.7 Å². The van der Waals surface area contributed by atoms with Gasteiger partial charge in [0.2, 0.25) is 11.8 Å². The molecule has 4 amide bonds. The van der Waals surface area contributed by atoms with Crippen molar-refractivity contribution < 1.29 is 33.4 Å². The lowest BCUT2D eigenvalue weighted by Crippen LogP contribution is -2.55. The van der Waals surface area contributed by atoms with Crippen LogP contribution >= 0.6 is 11.6 Å². The smallest absolute Gasteiger partial charge is 0.260 e. The normalized spacial score (nSPS) is 24.9. The number of carbonyl (C=O) groups excluding carboxylic acids is 4. The Morgan fingerprint density at radius 2 is 1.51 bits per heavy atom. The number of phenols is 1. The Kier molecular flexibility index (Phi) is 9.74. The molecular formula is C49H40ClFN6O6. The highest BCUT2D eigenvalue weighted by Gasteiger charge is 2.70. The number of hydrogen-bond acceptors (Lipinski definition) is 10. The van der Waals surface area contributed by atoms with Gasteiger partial charge in [0.1, 0.15) is 17.3 Å². The molecule has 5 aromatic rings. The van der Waals surface area contributed by atoms with Crippen LogP contribution in [0.5, 0.6) is 11.5 Å². The summed E-state index contributed by atoms with van der Waals surface area (Å²) in [6, 6.07) is 31.4. The molecule has 5 aliphatic rings. The number of aromatic hydroxyl groups is 1. The maximum Gasteiger partial charge on any atom is 0.260 e. The fourth-order valence-electron chi connectivity index (χ4n) is 10.3. The van der Waals surface area contributed by atoms with Crippen molar-refractivity contribution in [2.45, 2.75) is 24.7 Å². The first-order valence-corrected chi connectivity index (χ1v) is 21.0. The summed E-state index contributed by atoms with van der Waals surface area (Å²) in [4.78, 5) is 63.0. The zero-order chi connectivity index (χ0) is 43.7. The molecule has 0 aromatic heterocycles. The summed E-state index contributed by atoms with van der Waals surface area (Å²) in [5.41, 5.74) is 6.95. The minimum atomic E-state index is -1.57. The van der Waals surface area contributed by atoms with Crippen molar-refractivity contribution >= 4 is 63.7 Å².